The van der Waals surface area contributed by atoms with Crippen molar-refractivity contribution < 1.29 is 19.1 Å². The second-order valence-electron chi connectivity index (χ2n) is 4.74. The number of nitrogens with one attached hydrogen (secondary N) is 1. The average molecular weight is 287 g/mol. The van der Waals surface area contributed by atoms with Crippen molar-refractivity contribution in [3.05, 3.63) is 64.5 Å². The molecule has 2 aromatic rings. The number of rotatable bonds is 3. The Balaban J connectivity index is 2.38. The number of aryl methyl sites for hydroxylation is 2. The van der Waals surface area contributed by atoms with Gasteiger partial charge in [-0.05, 0) is 43.2 Å². The number of carbonyl (C=O) groups excluding carboxylic acids is 1. The molecule has 0 fully saturated rings. The maximum absolute atomic E-state index is 13.8. The Morgan fingerprint density at radius 2 is 1.81 bits per heavy atom. The van der Waals surface area contributed by atoms with Gasteiger partial charge in [-0.15, -0.1) is 0 Å². The highest BCUT2D eigenvalue weighted by molar-refractivity contribution is 6.08. The molecule has 0 radical (unpaired) electrons. The number of halogens is 1. The number of hydrogen-bond acceptors (Lipinski definition) is 2. The molecule has 2 N–H and O–H groups in total. The van der Waals surface area contributed by atoms with Gasteiger partial charge in [0.05, 0.1) is 16.8 Å². The van der Waals surface area contributed by atoms with Crippen LogP contribution in [0.1, 0.15) is 31.8 Å². The van der Waals surface area contributed by atoms with E-state index in [4.69, 9.17) is 5.11 Å². The van der Waals surface area contributed by atoms with Crippen LogP contribution in [0.3, 0.4) is 0 Å². The third kappa shape index (κ3) is 3.08. The Labute approximate surface area is 121 Å². The van der Waals surface area contributed by atoms with E-state index in [1.807, 2.05) is 0 Å². The minimum atomic E-state index is -1.15. The highest BCUT2D eigenvalue weighted by Crippen LogP contribution is 2.22. The van der Waals surface area contributed by atoms with E-state index >= 15 is 0 Å². The van der Waals surface area contributed by atoms with E-state index in [2.05, 4.69) is 5.32 Å². The Hall–Kier alpha value is -2.69. The lowest BCUT2D eigenvalue weighted by Gasteiger charge is -2.12. The van der Waals surface area contributed by atoms with E-state index in [1.165, 1.54) is 18.2 Å². The van der Waals surface area contributed by atoms with Crippen molar-refractivity contribution >= 4 is 17.6 Å². The molecule has 0 atom stereocenters. The predicted octanol–water partition coefficient (Wildman–Crippen LogP) is 3.39. The second kappa shape index (κ2) is 5.75. The van der Waals surface area contributed by atoms with E-state index in [1.54, 1.807) is 32.0 Å². The van der Waals surface area contributed by atoms with Crippen LogP contribution in [0.2, 0.25) is 0 Å². The van der Waals surface area contributed by atoms with Gasteiger partial charge in [0.15, 0.2) is 0 Å². The number of carboxylic acids is 1. The second-order valence-corrected chi connectivity index (χ2v) is 4.74. The molecule has 2 aromatic carbocycles. The SMILES string of the molecule is Cc1ccc(C(=O)Nc2c(C)cccc2C(=O)O)c(F)c1. The first-order chi connectivity index (χ1) is 9.90. The molecule has 5 heteroatoms. The number of aromatic carboxylic acids is 1. The van der Waals surface area contributed by atoms with Crippen LogP contribution < -0.4 is 5.32 Å². The van der Waals surface area contributed by atoms with Crippen LogP contribution in [0.25, 0.3) is 0 Å². The van der Waals surface area contributed by atoms with E-state index in [0.29, 0.717) is 11.1 Å². The third-order valence-electron chi connectivity index (χ3n) is 3.11. The topological polar surface area (TPSA) is 66.4 Å². The molecule has 108 valence electrons. The lowest BCUT2D eigenvalue weighted by Crippen LogP contribution is -2.17. The minimum absolute atomic E-state index is 0.0316. The summed E-state index contributed by atoms with van der Waals surface area (Å²) in [5, 5.41) is 11.6. The molecule has 1 amide bonds. The fraction of sp³-hybridized carbons (Fsp3) is 0.125. The molecule has 0 saturated heterocycles. The van der Waals surface area contributed by atoms with Crippen LogP contribution in [0.15, 0.2) is 36.4 Å². The van der Waals surface area contributed by atoms with E-state index in [-0.39, 0.29) is 16.8 Å². The number of hydrogen-bond donors (Lipinski definition) is 2. The van der Waals surface area contributed by atoms with Crippen LogP contribution in [0.5, 0.6) is 0 Å². The van der Waals surface area contributed by atoms with Crippen molar-refractivity contribution in [3.8, 4) is 0 Å². The molecule has 0 spiro atoms. The molecular formula is C16H14FNO3. The van der Waals surface area contributed by atoms with Gasteiger partial charge in [0.25, 0.3) is 5.91 Å². The van der Waals surface area contributed by atoms with Gasteiger partial charge in [-0.3, -0.25) is 4.79 Å². The Kier molecular flexibility index (Phi) is 4.03. The summed E-state index contributed by atoms with van der Waals surface area (Å²) >= 11 is 0. The van der Waals surface area contributed by atoms with Gasteiger partial charge in [0.1, 0.15) is 5.82 Å². The standard InChI is InChI=1S/C16H14FNO3/c1-9-6-7-11(13(17)8-9)15(19)18-14-10(2)4-3-5-12(14)16(20)21/h3-8H,1-2H3,(H,18,19)(H,20,21). The number of anilines is 1. The quantitative estimate of drug-likeness (QED) is 0.909. The Morgan fingerprint density at radius 3 is 2.43 bits per heavy atom. The third-order valence-corrected chi connectivity index (χ3v) is 3.11. The molecule has 0 aliphatic rings. The molecule has 0 aromatic heterocycles. The number of carboxylic acid groups (broad SMARTS) is 1. The highest BCUT2D eigenvalue weighted by atomic mass is 19.1. The Bertz CT molecular complexity index is 725. The fourth-order valence-corrected chi connectivity index (χ4v) is 2.00. The van der Waals surface area contributed by atoms with E-state index < -0.39 is 17.7 Å². The summed E-state index contributed by atoms with van der Waals surface area (Å²) in [6, 6.07) is 8.89. The van der Waals surface area contributed by atoms with E-state index in [0.717, 1.165) is 0 Å². The smallest absolute Gasteiger partial charge is 0.337 e. The zero-order chi connectivity index (χ0) is 15.6. The van der Waals surface area contributed by atoms with Gasteiger partial charge in [0, 0.05) is 0 Å². The van der Waals surface area contributed by atoms with E-state index in [9.17, 15) is 14.0 Å². The van der Waals surface area contributed by atoms with Crippen molar-refractivity contribution in [2.45, 2.75) is 13.8 Å². The summed E-state index contributed by atoms with van der Waals surface area (Å²) in [7, 11) is 0. The van der Waals surface area contributed by atoms with Gasteiger partial charge in [-0.2, -0.15) is 0 Å². The van der Waals surface area contributed by atoms with Gasteiger partial charge in [-0.1, -0.05) is 18.2 Å². The maximum Gasteiger partial charge on any atom is 0.337 e. The highest BCUT2D eigenvalue weighted by Gasteiger charge is 2.17. The van der Waals surface area contributed by atoms with Crippen molar-refractivity contribution in [2.24, 2.45) is 0 Å². The summed E-state index contributed by atoms with van der Waals surface area (Å²) in [4.78, 5) is 23.3. The van der Waals surface area contributed by atoms with Crippen molar-refractivity contribution in [1.29, 1.82) is 0 Å². The zero-order valence-corrected chi connectivity index (χ0v) is 11.6. The molecule has 21 heavy (non-hydrogen) atoms. The number of benzene rings is 2. The number of amides is 1. The number of carbonyl (C=O) groups is 2. The largest absolute Gasteiger partial charge is 0.478 e. The first-order valence-electron chi connectivity index (χ1n) is 6.30. The number of para-hydroxylation sites is 1. The molecule has 0 saturated carbocycles. The first-order valence-corrected chi connectivity index (χ1v) is 6.30. The molecule has 0 aliphatic carbocycles. The summed E-state index contributed by atoms with van der Waals surface area (Å²) in [5.41, 5.74) is 1.31. The zero-order valence-electron chi connectivity index (χ0n) is 11.6. The normalized spacial score (nSPS) is 10.2. The first kappa shape index (κ1) is 14.7. The summed E-state index contributed by atoms with van der Waals surface area (Å²) in [6.07, 6.45) is 0. The molecule has 0 unspecified atom stereocenters. The van der Waals surface area contributed by atoms with Gasteiger partial charge < -0.3 is 10.4 Å². The molecule has 0 heterocycles. The van der Waals surface area contributed by atoms with Crippen molar-refractivity contribution in [3.63, 3.8) is 0 Å². The van der Waals surface area contributed by atoms with Crippen LogP contribution >= 0.6 is 0 Å². The van der Waals surface area contributed by atoms with Gasteiger partial charge >= 0.3 is 5.97 Å². The maximum atomic E-state index is 13.8. The minimum Gasteiger partial charge on any atom is -0.478 e. The molecule has 0 bridgehead atoms. The van der Waals surface area contributed by atoms with Crippen molar-refractivity contribution in [2.75, 3.05) is 5.32 Å². The summed E-state index contributed by atoms with van der Waals surface area (Å²) in [5.74, 6) is -2.47. The Morgan fingerprint density at radius 1 is 1.10 bits per heavy atom. The van der Waals surface area contributed by atoms with Gasteiger partial charge in [-0.25, -0.2) is 9.18 Å². The van der Waals surface area contributed by atoms with Crippen molar-refractivity contribution in [1.82, 2.24) is 0 Å². The monoisotopic (exact) mass is 287 g/mol. The summed E-state index contributed by atoms with van der Waals surface area (Å²) in [6.45, 7) is 3.39. The summed E-state index contributed by atoms with van der Waals surface area (Å²) < 4.78 is 13.8. The van der Waals surface area contributed by atoms with Crippen LogP contribution in [0, 0.1) is 19.7 Å². The average Bonchev–Trinajstić information content (AvgIpc) is 2.40. The predicted molar refractivity (Wildman–Crippen MR) is 77.2 cm³/mol. The van der Waals surface area contributed by atoms with Gasteiger partial charge in [0.2, 0.25) is 0 Å². The molecular weight excluding hydrogens is 273 g/mol. The molecule has 2 rings (SSSR count). The van der Waals surface area contributed by atoms with Crippen LogP contribution in [-0.2, 0) is 0 Å². The molecule has 4 nitrogen and oxygen atoms in total. The van der Waals surface area contributed by atoms with Crippen LogP contribution in [0.4, 0.5) is 10.1 Å². The lowest BCUT2D eigenvalue weighted by atomic mass is 10.1. The lowest BCUT2D eigenvalue weighted by molar-refractivity contribution is 0.0698. The fourth-order valence-electron chi connectivity index (χ4n) is 2.00. The van der Waals surface area contributed by atoms with Crippen LogP contribution in [-0.4, -0.2) is 17.0 Å². The molecule has 0 aliphatic heterocycles.